The standard InChI is InChI=1S/C13H10ClNO/c14-10-6-7-12(15)11(8-10)13(16)9-4-2-1-3-5-9/h1-8H,15H2/i1+1,2+1,3+1,4+1,5+1,9+1. The lowest BCUT2D eigenvalue weighted by Crippen LogP contribution is -2.04. The Balaban J connectivity index is 2.46. The first kappa shape index (κ1) is 10.7. The van der Waals surface area contributed by atoms with E-state index in [4.69, 9.17) is 17.3 Å². The van der Waals surface area contributed by atoms with E-state index < -0.39 is 0 Å². The van der Waals surface area contributed by atoms with Crippen LogP contribution >= 0.6 is 11.6 Å². The number of carbonyl (C=O) groups is 1. The number of rotatable bonds is 2. The molecule has 2 N–H and O–H groups in total. The molecule has 0 saturated carbocycles. The highest BCUT2D eigenvalue weighted by molar-refractivity contribution is 6.31. The Morgan fingerprint density at radius 3 is 2.44 bits per heavy atom. The highest BCUT2D eigenvalue weighted by atomic mass is 35.5. The molecule has 0 amide bonds. The third-order valence-electron chi connectivity index (χ3n) is 2.30. The summed E-state index contributed by atoms with van der Waals surface area (Å²) in [5, 5.41) is 0.508. The number of nitrogen functional groups attached to an aromatic ring is 1. The molecule has 0 bridgehead atoms. The van der Waals surface area contributed by atoms with Gasteiger partial charge >= 0.3 is 0 Å². The van der Waals surface area contributed by atoms with Gasteiger partial charge in [-0.15, -0.1) is 0 Å². The van der Waals surface area contributed by atoms with Gasteiger partial charge in [-0.2, -0.15) is 0 Å². The number of hydrogen-bond donors (Lipinski definition) is 1. The average Bonchev–Trinajstić information content (AvgIpc) is 2.32. The highest BCUT2D eigenvalue weighted by Gasteiger charge is 2.12. The number of anilines is 1. The first-order valence-corrected chi connectivity index (χ1v) is 5.21. The maximum absolute atomic E-state index is 12.1. The summed E-state index contributed by atoms with van der Waals surface area (Å²) in [6.45, 7) is 0. The van der Waals surface area contributed by atoms with Crippen LogP contribution in [0.2, 0.25) is 5.02 Å². The van der Waals surface area contributed by atoms with Gasteiger partial charge in [0.1, 0.15) is 0 Å². The van der Waals surface area contributed by atoms with Crippen LogP contribution in [0, 0.1) is 0 Å². The van der Waals surface area contributed by atoms with Gasteiger partial charge in [-0.05, 0) is 18.2 Å². The molecule has 80 valence electrons. The van der Waals surface area contributed by atoms with Crippen molar-refractivity contribution in [3.05, 3.63) is 64.7 Å². The Morgan fingerprint density at radius 1 is 1.06 bits per heavy atom. The maximum Gasteiger partial charge on any atom is 0.195 e. The summed E-state index contributed by atoms with van der Waals surface area (Å²) in [5.74, 6) is -0.111. The Morgan fingerprint density at radius 2 is 1.75 bits per heavy atom. The van der Waals surface area contributed by atoms with Gasteiger partial charge in [0.25, 0.3) is 0 Å². The van der Waals surface area contributed by atoms with Gasteiger partial charge in [0, 0.05) is 21.8 Å². The number of halogens is 1. The van der Waals surface area contributed by atoms with Gasteiger partial charge in [-0.3, -0.25) is 4.79 Å². The quantitative estimate of drug-likeness (QED) is 0.644. The van der Waals surface area contributed by atoms with Gasteiger partial charge in [-0.25, -0.2) is 0 Å². The molecule has 0 fully saturated rings. The van der Waals surface area contributed by atoms with Crippen LogP contribution in [0.4, 0.5) is 5.69 Å². The number of carbonyl (C=O) groups excluding carboxylic acids is 1. The fraction of sp³-hybridized carbons (Fsp3) is 0. The molecular formula is C13H10ClNO. The molecular weight excluding hydrogens is 228 g/mol. The SMILES string of the molecule is Nc1ccc(Cl)cc1C(=O)[13c]1[13cH][13cH][13cH][13cH][13cH]1. The normalized spacial score (nSPS) is 10.1. The number of benzene rings is 2. The Bertz CT molecular complexity index is 523. The second-order valence-corrected chi connectivity index (χ2v) is 3.86. The maximum atomic E-state index is 12.1. The van der Waals surface area contributed by atoms with Crippen LogP contribution in [-0.2, 0) is 0 Å². The third-order valence-corrected chi connectivity index (χ3v) is 2.53. The molecule has 2 aromatic carbocycles. The molecule has 0 unspecified atom stereocenters. The molecule has 0 aliphatic heterocycles. The monoisotopic (exact) mass is 237 g/mol. The molecule has 0 saturated heterocycles. The van der Waals surface area contributed by atoms with Gasteiger partial charge in [0.05, 0.1) is 0 Å². The zero-order valence-corrected chi connectivity index (χ0v) is 9.24. The fourth-order valence-corrected chi connectivity index (χ4v) is 1.64. The van der Waals surface area contributed by atoms with Crippen molar-refractivity contribution in [3.8, 4) is 0 Å². The van der Waals surface area contributed by atoms with Gasteiger partial charge in [0.2, 0.25) is 0 Å². The van der Waals surface area contributed by atoms with E-state index in [0.717, 1.165) is 0 Å². The van der Waals surface area contributed by atoms with Crippen molar-refractivity contribution in [2.45, 2.75) is 0 Å². The summed E-state index contributed by atoms with van der Waals surface area (Å²) in [7, 11) is 0. The van der Waals surface area contributed by atoms with E-state index in [-0.39, 0.29) is 5.78 Å². The molecule has 0 aliphatic rings. The number of ketones is 1. The van der Waals surface area contributed by atoms with Crippen LogP contribution in [0.1, 0.15) is 15.9 Å². The smallest absolute Gasteiger partial charge is 0.195 e. The van der Waals surface area contributed by atoms with E-state index in [9.17, 15) is 4.79 Å². The largest absolute Gasteiger partial charge is 0.398 e. The molecule has 0 aliphatic carbocycles. The summed E-state index contributed by atoms with van der Waals surface area (Å²) in [4.78, 5) is 12.1. The summed E-state index contributed by atoms with van der Waals surface area (Å²) < 4.78 is 0. The van der Waals surface area contributed by atoms with E-state index in [1.54, 1.807) is 30.3 Å². The lowest BCUT2D eigenvalue weighted by molar-refractivity contribution is 0.103. The Kier molecular flexibility index (Phi) is 2.93. The van der Waals surface area contributed by atoms with Gasteiger partial charge in [0.15, 0.2) is 5.78 Å². The molecule has 0 aromatic heterocycles. The lowest BCUT2D eigenvalue weighted by atomic mass is 10.1. The molecule has 2 aromatic rings. The van der Waals surface area contributed by atoms with Crippen LogP contribution in [0.3, 0.4) is 0 Å². The minimum absolute atomic E-state index is 0.111. The molecule has 0 atom stereocenters. The van der Waals surface area contributed by atoms with Crippen molar-refractivity contribution >= 4 is 23.1 Å². The molecule has 3 heteroatoms. The summed E-state index contributed by atoms with van der Waals surface area (Å²) in [6, 6.07) is 13.9. The van der Waals surface area contributed by atoms with Crippen molar-refractivity contribution in [1.82, 2.24) is 0 Å². The molecule has 0 spiro atoms. The molecule has 0 radical (unpaired) electrons. The fourth-order valence-electron chi connectivity index (χ4n) is 1.47. The number of nitrogens with two attached hydrogens (primary N) is 1. The van der Waals surface area contributed by atoms with Crippen LogP contribution in [-0.4, -0.2) is 5.78 Å². The molecule has 0 heterocycles. The minimum atomic E-state index is -0.111. The highest BCUT2D eigenvalue weighted by Crippen LogP contribution is 2.20. The summed E-state index contributed by atoms with van der Waals surface area (Å²) in [6.07, 6.45) is 0. The zero-order chi connectivity index (χ0) is 11.5. The van der Waals surface area contributed by atoms with E-state index >= 15 is 0 Å². The van der Waals surface area contributed by atoms with Gasteiger partial charge < -0.3 is 5.73 Å². The second-order valence-electron chi connectivity index (χ2n) is 3.43. The Labute approximate surface area is 98.7 Å². The molecule has 2 nitrogen and oxygen atoms in total. The van der Waals surface area contributed by atoms with Crippen molar-refractivity contribution in [2.24, 2.45) is 0 Å². The summed E-state index contributed by atoms with van der Waals surface area (Å²) in [5.41, 5.74) is 7.24. The zero-order valence-electron chi connectivity index (χ0n) is 8.48. The van der Waals surface area contributed by atoms with E-state index in [2.05, 4.69) is 0 Å². The second kappa shape index (κ2) is 4.37. The van der Waals surface area contributed by atoms with Gasteiger partial charge in [-0.1, -0.05) is 41.9 Å². The summed E-state index contributed by atoms with van der Waals surface area (Å²) >= 11 is 5.84. The van der Waals surface area contributed by atoms with Crippen molar-refractivity contribution in [1.29, 1.82) is 0 Å². The van der Waals surface area contributed by atoms with Crippen molar-refractivity contribution in [3.63, 3.8) is 0 Å². The van der Waals surface area contributed by atoms with Crippen LogP contribution in [0.25, 0.3) is 0 Å². The van der Waals surface area contributed by atoms with Crippen molar-refractivity contribution < 1.29 is 4.79 Å². The predicted octanol–water partition coefficient (Wildman–Crippen LogP) is 3.15. The molecule has 16 heavy (non-hydrogen) atoms. The van der Waals surface area contributed by atoms with E-state index in [1.807, 2.05) is 18.2 Å². The Hall–Kier alpha value is -1.80. The predicted molar refractivity (Wildman–Crippen MR) is 65.7 cm³/mol. The minimum Gasteiger partial charge on any atom is -0.398 e. The first-order chi connectivity index (χ1) is 7.68. The van der Waals surface area contributed by atoms with E-state index in [1.165, 1.54) is 0 Å². The molecule has 2 rings (SSSR count). The van der Waals surface area contributed by atoms with Crippen molar-refractivity contribution in [2.75, 3.05) is 5.73 Å². The van der Waals surface area contributed by atoms with Crippen LogP contribution in [0.15, 0.2) is 48.5 Å². The lowest BCUT2D eigenvalue weighted by Gasteiger charge is -2.05. The first-order valence-electron chi connectivity index (χ1n) is 4.83. The van der Waals surface area contributed by atoms with E-state index in [0.29, 0.717) is 21.8 Å². The number of hydrogen-bond acceptors (Lipinski definition) is 2. The van der Waals surface area contributed by atoms with Crippen LogP contribution in [0.5, 0.6) is 0 Å². The van der Waals surface area contributed by atoms with Crippen LogP contribution < -0.4 is 5.73 Å². The third kappa shape index (κ3) is 2.07. The topological polar surface area (TPSA) is 43.1 Å². The average molecular weight is 238 g/mol.